The molecule has 2 N–H and O–H groups in total. The molecular formula is C31H37Cl2N7O2S. The summed E-state index contributed by atoms with van der Waals surface area (Å²) in [5.74, 6) is 0. The normalized spacial score (nSPS) is 22.8. The Kier molecular flexibility index (Phi) is 7.84. The summed E-state index contributed by atoms with van der Waals surface area (Å²) in [6.07, 6.45) is 6.53. The Labute approximate surface area is 263 Å². The molecule has 0 amide bonds. The molecule has 228 valence electrons. The van der Waals surface area contributed by atoms with Gasteiger partial charge in [-0.15, -0.1) is 0 Å². The maximum absolute atomic E-state index is 13.2. The van der Waals surface area contributed by atoms with Gasteiger partial charge in [-0.2, -0.15) is 0 Å². The smallest absolute Gasteiger partial charge is 0.241 e. The largest absolute Gasteiger partial charge is 0.370 e. The number of anilines is 2. The monoisotopic (exact) mass is 641 g/mol. The van der Waals surface area contributed by atoms with E-state index in [0.29, 0.717) is 45.7 Å². The lowest BCUT2D eigenvalue weighted by atomic mass is 10.0. The number of para-hydroxylation sites is 1. The number of piperidine rings is 1. The average molecular weight is 643 g/mol. The molecule has 1 unspecified atom stereocenters. The number of allylic oxidation sites excluding steroid dienone is 1. The van der Waals surface area contributed by atoms with Gasteiger partial charge < -0.3 is 20.4 Å². The molecule has 3 aliphatic heterocycles. The molecule has 2 aromatic carbocycles. The van der Waals surface area contributed by atoms with Gasteiger partial charge in [-0.05, 0) is 57.0 Å². The van der Waals surface area contributed by atoms with E-state index >= 15 is 0 Å². The number of aliphatic imine (C=N–C) groups is 1. The molecule has 4 heterocycles. The van der Waals surface area contributed by atoms with E-state index in [1.165, 1.54) is 3.97 Å². The van der Waals surface area contributed by atoms with Gasteiger partial charge in [-0.3, -0.25) is 4.90 Å². The van der Waals surface area contributed by atoms with Gasteiger partial charge in [0.15, 0.2) is 6.29 Å². The summed E-state index contributed by atoms with van der Waals surface area (Å²) < 4.78 is 27.8. The van der Waals surface area contributed by atoms with Crippen molar-refractivity contribution in [3.8, 4) is 0 Å². The highest BCUT2D eigenvalue weighted by Crippen LogP contribution is 2.35. The number of benzene rings is 2. The first-order chi connectivity index (χ1) is 20.8. The molecule has 43 heavy (non-hydrogen) atoms. The van der Waals surface area contributed by atoms with Gasteiger partial charge in [-0.25, -0.2) is 17.4 Å². The lowest BCUT2D eigenvalue weighted by Gasteiger charge is -2.42. The Hall–Kier alpha value is -2.76. The molecule has 1 saturated carbocycles. The molecule has 0 radical (unpaired) electrons. The summed E-state index contributed by atoms with van der Waals surface area (Å²) in [6.45, 7) is 6.60. The Morgan fingerprint density at radius 2 is 1.70 bits per heavy atom. The lowest BCUT2D eigenvalue weighted by Crippen LogP contribution is -2.52. The fourth-order valence-corrected chi connectivity index (χ4v) is 8.72. The summed E-state index contributed by atoms with van der Waals surface area (Å²) in [5.41, 5.74) is 3.73. The van der Waals surface area contributed by atoms with Crippen molar-refractivity contribution in [1.29, 1.82) is 0 Å². The minimum absolute atomic E-state index is 0.331. The van der Waals surface area contributed by atoms with Gasteiger partial charge >= 0.3 is 0 Å². The maximum Gasteiger partial charge on any atom is 0.241 e. The first-order valence-corrected chi connectivity index (χ1v) is 17.3. The fourth-order valence-electron chi connectivity index (χ4n) is 6.47. The number of piperazine rings is 1. The Balaban J connectivity index is 1.07. The van der Waals surface area contributed by atoms with Crippen LogP contribution in [0.5, 0.6) is 0 Å². The van der Waals surface area contributed by atoms with Crippen LogP contribution in [-0.4, -0.2) is 91.8 Å². The third-order valence-electron chi connectivity index (χ3n) is 9.12. The first-order valence-electron chi connectivity index (χ1n) is 15.1. The first kappa shape index (κ1) is 29.0. The van der Waals surface area contributed by atoms with Crippen molar-refractivity contribution in [2.45, 2.75) is 43.3 Å². The number of nitrogens with zero attached hydrogens (tertiary/aromatic N) is 5. The van der Waals surface area contributed by atoms with Crippen LogP contribution in [0.15, 0.2) is 64.9 Å². The number of hydrogen-bond donors (Lipinski definition) is 2. The van der Waals surface area contributed by atoms with E-state index in [1.54, 1.807) is 12.4 Å². The van der Waals surface area contributed by atoms with Crippen molar-refractivity contribution < 1.29 is 8.42 Å². The van der Waals surface area contributed by atoms with Crippen LogP contribution >= 0.6 is 23.2 Å². The summed E-state index contributed by atoms with van der Waals surface area (Å²) in [7, 11) is -1.27. The third-order valence-corrected chi connectivity index (χ3v) is 11.9. The molecule has 7 rings (SSSR count). The zero-order valence-corrected chi connectivity index (χ0v) is 26.5. The number of likely N-dealkylation sites (N-methyl/N-ethyl adjacent to an activating group) is 1. The number of halogens is 2. The molecule has 1 aromatic heterocycles. The number of nitrogens with one attached hydrogen (secondary N) is 2. The molecule has 0 bridgehead atoms. The van der Waals surface area contributed by atoms with Crippen molar-refractivity contribution in [2.24, 2.45) is 4.99 Å². The summed E-state index contributed by atoms with van der Waals surface area (Å²) in [4.78, 5) is 12.3. The highest BCUT2D eigenvalue weighted by atomic mass is 35.5. The zero-order valence-electron chi connectivity index (χ0n) is 24.2. The Bertz CT molecular complexity index is 1690. The zero-order chi connectivity index (χ0) is 29.7. The summed E-state index contributed by atoms with van der Waals surface area (Å²) in [5, 5.41) is 8.16. The van der Waals surface area contributed by atoms with Gasteiger partial charge in [0.25, 0.3) is 0 Å². The second kappa shape index (κ2) is 11.6. The minimum Gasteiger partial charge on any atom is -0.370 e. The van der Waals surface area contributed by atoms with Crippen molar-refractivity contribution in [1.82, 2.24) is 19.1 Å². The number of hydrogen-bond acceptors (Lipinski definition) is 8. The van der Waals surface area contributed by atoms with E-state index in [-0.39, 0.29) is 5.25 Å². The second-order valence-electron chi connectivity index (χ2n) is 12.0. The average Bonchev–Trinajstić information content (AvgIpc) is 3.80. The van der Waals surface area contributed by atoms with Gasteiger partial charge in [-0.1, -0.05) is 41.4 Å². The predicted molar refractivity (Wildman–Crippen MR) is 176 cm³/mol. The van der Waals surface area contributed by atoms with Crippen LogP contribution in [-0.2, 0) is 10.0 Å². The molecule has 4 aliphatic rings. The lowest BCUT2D eigenvalue weighted by molar-refractivity contribution is 0.0982. The van der Waals surface area contributed by atoms with Crippen molar-refractivity contribution in [2.75, 3.05) is 56.5 Å². The molecule has 1 atom stereocenters. The van der Waals surface area contributed by atoms with Crippen LogP contribution < -0.4 is 15.5 Å². The molecule has 0 spiro atoms. The van der Waals surface area contributed by atoms with Crippen LogP contribution in [0.3, 0.4) is 0 Å². The highest BCUT2D eigenvalue weighted by Gasteiger charge is 2.38. The van der Waals surface area contributed by atoms with Crippen LogP contribution in [0.2, 0.25) is 5.02 Å². The van der Waals surface area contributed by atoms with Gasteiger partial charge in [0.05, 0.1) is 32.2 Å². The predicted octanol–water partition coefficient (Wildman–Crippen LogP) is 4.72. The Morgan fingerprint density at radius 3 is 2.42 bits per heavy atom. The number of fused-ring (bicyclic) bond motifs is 1. The maximum atomic E-state index is 13.2. The number of aromatic nitrogens is 1. The molecule has 12 heteroatoms. The van der Waals surface area contributed by atoms with Gasteiger partial charge in [0.1, 0.15) is 0 Å². The van der Waals surface area contributed by atoms with Gasteiger partial charge in [0, 0.05) is 74.3 Å². The second-order valence-corrected chi connectivity index (χ2v) is 14.9. The Morgan fingerprint density at radius 1 is 0.953 bits per heavy atom. The summed E-state index contributed by atoms with van der Waals surface area (Å²) in [6, 6.07) is 14.2. The quantitative estimate of drug-likeness (QED) is 0.386. The molecule has 3 aromatic rings. The molecule has 9 nitrogen and oxygen atoms in total. The minimum atomic E-state index is -3.47. The van der Waals surface area contributed by atoms with E-state index in [0.717, 1.165) is 68.9 Å². The van der Waals surface area contributed by atoms with Crippen molar-refractivity contribution in [3.05, 3.63) is 70.5 Å². The summed E-state index contributed by atoms with van der Waals surface area (Å²) >= 11 is 13.5. The standard InChI is InChI=1S/C31H37Cl2N7O2S/c1-37-14-16-38(17-15-37)22-10-12-39(13-11-22)29-9-6-21(18-26(29)32)35-31-34-19-27(33)30(36-31)25-20-40(43(41,42)23-7-8-23)28-5-3-2-4-24(25)28/h2-6,9,18-20,22-23,31,34-35H,7-8,10-17H2,1H3. The van der Waals surface area contributed by atoms with E-state index in [1.807, 2.05) is 36.4 Å². The van der Waals surface area contributed by atoms with Crippen LogP contribution in [0.4, 0.5) is 11.4 Å². The van der Waals surface area contributed by atoms with Crippen LogP contribution in [0.1, 0.15) is 31.2 Å². The SMILES string of the molecule is CN1CCN(C2CCN(c3ccc(NC4N=C(c5cn(S(=O)(=O)C6CC6)c6ccccc56)C(Cl)=CN4)cc3Cl)CC2)CC1. The topological polar surface area (TPSA) is 85.2 Å². The van der Waals surface area contributed by atoms with Crippen LogP contribution in [0.25, 0.3) is 10.9 Å². The van der Waals surface area contributed by atoms with Crippen LogP contribution in [0, 0.1) is 0 Å². The number of rotatable bonds is 7. The fraction of sp³-hybridized carbons (Fsp3) is 0.452. The third kappa shape index (κ3) is 5.76. The van der Waals surface area contributed by atoms with Gasteiger partial charge in [0.2, 0.25) is 10.0 Å². The molecule has 3 fully saturated rings. The highest BCUT2D eigenvalue weighted by molar-refractivity contribution is 7.91. The van der Waals surface area contributed by atoms with E-state index < -0.39 is 16.3 Å². The van der Waals surface area contributed by atoms with Crippen molar-refractivity contribution in [3.63, 3.8) is 0 Å². The molecular weight excluding hydrogens is 605 g/mol. The van der Waals surface area contributed by atoms with E-state index in [4.69, 9.17) is 28.2 Å². The molecule has 1 aliphatic carbocycles. The van der Waals surface area contributed by atoms with E-state index in [2.05, 4.69) is 38.4 Å². The molecule has 2 saturated heterocycles. The van der Waals surface area contributed by atoms with E-state index in [9.17, 15) is 8.42 Å². The van der Waals surface area contributed by atoms with Crippen molar-refractivity contribution >= 4 is 61.2 Å².